The van der Waals surface area contributed by atoms with Gasteiger partial charge in [-0.25, -0.2) is 14.8 Å². The Morgan fingerprint density at radius 1 is 1.39 bits per heavy atom. The molecule has 0 unspecified atom stereocenters. The third-order valence-corrected chi connectivity index (χ3v) is 3.11. The Kier molecular flexibility index (Phi) is 3.47. The van der Waals surface area contributed by atoms with E-state index in [4.69, 9.17) is 10.8 Å². The second-order valence-corrected chi connectivity index (χ2v) is 4.68. The molecule has 1 aromatic heterocycles. The Labute approximate surface area is 108 Å². The van der Waals surface area contributed by atoms with Crippen LogP contribution >= 0.6 is 11.8 Å². The molecule has 0 bridgehead atoms. The SMILES string of the molecule is Cc1ccnc(Sc2ccc(N)c(C(=O)O)c2)n1. The normalized spacial score (nSPS) is 10.3. The van der Waals surface area contributed by atoms with Gasteiger partial charge < -0.3 is 10.8 Å². The third-order valence-electron chi connectivity index (χ3n) is 2.24. The number of hydrogen-bond acceptors (Lipinski definition) is 5. The van der Waals surface area contributed by atoms with Crippen LogP contribution in [0.2, 0.25) is 0 Å². The van der Waals surface area contributed by atoms with E-state index in [0.717, 1.165) is 10.6 Å². The molecule has 0 aliphatic carbocycles. The van der Waals surface area contributed by atoms with Gasteiger partial charge in [-0.1, -0.05) is 0 Å². The molecule has 0 saturated carbocycles. The van der Waals surface area contributed by atoms with Crippen LogP contribution in [0.1, 0.15) is 16.1 Å². The van der Waals surface area contributed by atoms with Crippen LogP contribution in [0.3, 0.4) is 0 Å². The van der Waals surface area contributed by atoms with Crippen LogP contribution in [-0.2, 0) is 0 Å². The van der Waals surface area contributed by atoms with E-state index in [-0.39, 0.29) is 11.3 Å². The summed E-state index contributed by atoms with van der Waals surface area (Å²) in [6.45, 7) is 1.87. The van der Waals surface area contributed by atoms with Gasteiger partial charge in [-0.2, -0.15) is 0 Å². The molecule has 0 fully saturated rings. The van der Waals surface area contributed by atoms with Crippen molar-refractivity contribution in [2.45, 2.75) is 17.0 Å². The summed E-state index contributed by atoms with van der Waals surface area (Å²) < 4.78 is 0. The Morgan fingerprint density at radius 3 is 2.83 bits per heavy atom. The average Bonchev–Trinajstić information content (AvgIpc) is 2.31. The van der Waals surface area contributed by atoms with Crippen LogP contribution in [0, 0.1) is 6.92 Å². The predicted octanol–water partition coefficient (Wildman–Crippen LogP) is 2.22. The van der Waals surface area contributed by atoms with Gasteiger partial charge in [0.05, 0.1) is 5.56 Å². The zero-order valence-electron chi connectivity index (χ0n) is 9.62. The summed E-state index contributed by atoms with van der Waals surface area (Å²) in [4.78, 5) is 20.0. The van der Waals surface area contributed by atoms with Crippen molar-refractivity contribution in [1.29, 1.82) is 0 Å². The number of carbonyl (C=O) groups is 1. The molecule has 0 aliphatic heterocycles. The fraction of sp³-hybridized carbons (Fsp3) is 0.0833. The molecule has 0 aliphatic rings. The van der Waals surface area contributed by atoms with Gasteiger partial charge in [-0.05, 0) is 43.0 Å². The molecule has 0 amide bonds. The van der Waals surface area contributed by atoms with Crippen LogP contribution in [0.5, 0.6) is 0 Å². The first-order valence-corrected chi connectivity index (χ1v) is 5.98. The summed E-state index contributed by atoms with van der Waals surface area (Å²) in [5.74, 6) is -1.04. The van der Waals surface area contributed by atoms with E-state index in [1.54, 1.807) is 24.4 Å². The van der Waals surface area contributed by atoms with Crippen LogP contribution in [0.4, 0.5) is 5.69 Å². The fourth-order valence-electron chi connectivity index (χ4n) is 1.36. The molecule has 5 nitrogen and oxygen atoms in total. The first-order valence-electron chi connectivity index (χ1n) is 5.16. The Bertz CT molecular complexity index is 602. The largest absolute Gasteiger partial charge is 0.478 e. The van der Waals surface area contributed by atoms with E-state index in [2.05, 4.69) is 9.97 Å². The Balaban J connectivity index is 2.30. The van der Waals surface area contributed by atoms with Gasteiger partial charge >= 0.3 is 5.97 Å². The van der Waals surface area contributed by atoms with E-state index in [1.807, 2.05) is 6.92 Å². The lowest BCUT2D eigenvalue weighted by molar-refractivity contribution is 0.0698. The monoisotopic (exact) mass is 261 g/mol. The summed E-state index contributed by atoms with van der Waals surface area (Å²) in [6.07, 6.45) is 1.67. The minimum Gasteiger partial charge on any atom is -0.478 e. The summed E-state index contributed by atoms with van der Waals surface area (Å²) >= 11 is 1.30. The maximum absolute atomic E-state index is 11.0. The summed E-state index contributed by atoms with van der Waals surface area (Å²) in [6, 6.07) is 6.64. The number of aromatic carboxylic acids is 1. The number of carboxylic acid groups (broad SMARTS) is 1. The molecular formula is C12H11N3O2S. The number of aromatic nitrogens is 2. The molecular weight excluding hydrogens is 250 g/mol. The van der Waals surface area contributed by atoms with Gasteiger partial charge in [-0.3, -0.25) is 0 Å². The number of anilines is 1. The molecule has 1 heterocycles. The third kappa shape index (κ3) is 2.78. The summed E-state index contributed by atoms with van der Waals surface area (Å²) in [5, 5.41) is 9.56. The zero-order chi connectivity index (χ0) is 13.1. The molecule has 92 valence electrons. The zero-order valence-corrected chi connectivity index (χ0v) is 10.4. The lowest BCUT2D eigenvalue weighted by atomic mass is 10.2. The van der Waals surface area contributed by atoms with Crippen molar-refractivity contribution >= 4 is 23.4 Å². The predicted molar refractivity (Wildman–Crippen MR) is 68.7 cm³/mol. The number of benzene rings is 1. The van der Waals surface area contributed by atoms with Crippen molar-refractivity contribution in [1.82, 2.24) is 9.97 Å². The van der Waals surface area contributed by atoms with E-state index in [1.165, 1.54) is 17.8 Å². The smallest absolute Gasteiger partial charge is 0.337 e. The van der Waals surface area contributed by atoms with Crippen molar-refractivity contribution in [3.05, 3.63) is 41.7 Å². The molecule has 0 radical (unpaired) electrons. The number of aryl methyl sites for hydroxylation is 1. The highest BCUT2D eigenvalue weighted by atomic mass is 32.2. The molecule has 0 spiro atoms. The van der Waals surface area contributed by atoms with E-state index in [9.17, 15) is 4.79 Å². The Hall–Kier alpha value is -2.08. The Morgan fingerprint density at radius 2 is 2.17 bits per heavy atom. The summed E-state index contributed by atoms with van der Waals surface area (Å²) in [5.41, 5.74) is 6.79. The van der Waals surface area contributed by atoms with Crippen molar-refractivity contribution in [3.63, 3.8) is 0 Å². The molecule has 6 heteroatoms. The van der Waals surface area contributed by atoms with Gasteiger partial charge in [0, 0.05) is 22.5 Å². The second kappa shape index (κ2) is 5.05. The number of carboxylic acids is 1. The lowest BCUT2D eigenvalue weighted by Gasteiger charge is -2.04. The summed E-state index contributed by atoms with van der Waals surface area (Å²) in [7, 11) is 0. The topological polar surface area (TPSA) is 89.1 Å². The van der Waals surface area contributed by atoms with Gasteiger partial charge in [0.25, 0.3) is 0 Å². The van der Waals surface area contributed by atoms with Crippen molar-refractivity contribution < 1.29 is 9.90 Å². The first kappa shape index (κ1) is 12.4. The molecule has 0 atom stereocenters. The first-order chi connectivity index (χ1) is 8.56. The number of rotatable bonds is 3. The standard InChI is InChI=1S/C12H11N3O2S/c1-7-4-5-14-12(15-7)18-8-2-3-10(13)9(6-8)11(16)17/h2-6H,13H2,1H3,(H,16,17). The van der Waals surface area contributed by atoms with Crippen LogP contribution in [0.25, 0.3) is 0 Å². The van der Waals surface area contributed by atoms with Gasteiger partial charge in [0.15, 0.2) is 5.16 Å². The maximum atomic E-state index is 11.0. The minimum absolute atomic E-state index is 0.0904. The minimum atomic E-state index is -1.04. The van der Waals surface area contributed by atoms with Crippen LogP contribution in [0.15, 0.2) is 40.5 Å². The average molecular weight is 261 g/mol. The van der Waals surface area contributed by atoms with Gasteiger partial charge in [-0.15, -0.1) is 0 Å². The lowest BCUT2D eigenvalue weighted by Crippen LogP contribution is -2.02. The molecule has 2 aromatic rings. The number of nitrogens with zero attached hydrogens (tertiary/aromatic N) is 2. The van der Waals surface area contributed by atoms with Crippen LogP contribution in [-0.4, -0.2) is 21.0 Å². The second-order valence-electron chi connectivity index (χ2n) is 3.64. The van der Waals surface area contributed by atoms with Gasteiger partial charge in [0.2, 0.25) is 0 Å². The highest BCUT2D eigenvalue weighted by Crippen LogP contribution is 2.27. The molecule has 1 aromatic carbocycles. The van der Waals surface area contributed by atoms with Crippen LogP contribution < -0.4 is 5.73 Å². The number of nitrogen functional groups attached to an aromatic ring is 1. The highest BCUT2D eigenvalue weighted by molar-refractivity contribution is 7.99. The molecule has 18 heavy (non-hydrogen) atoms. The maximum Gasteiger partial charge on any atom is 0.337 e. The quantitative estimate of drug-likeness (QED) is 0.650. The molecule has 2 rings (SSSR count). The number of nitrogens with two attached hydrogens (primary N) is 1. The fourth-order valence-corrected chi connectivity index (χ4v) is 2.19. The van der Waals surface area contributed by atoms with E-state index in [0.29, 0.717) is 5.16 Å². The van der Waals surface area contributed by atoms with Gasteiger partial charge in [0.1, 0.15) is 0 Å². The van der Waals surface area contributed by atoms with E-state index >= 15 is 0 Å². The molecule has 0 saturated heterocycles. The molecule has 3 N–H and O–H groups in total. The van der Waals surface area contributed by atoms with Crippen molar-refractivity contribution in [2.24, 2.45) is 0 Å². The van der Waals surface area contributed by atoms with Crippen molar-refractivity contribution in [3.8, 4) is 0 Å². The van der Waals surface area contributed by atoms with Crippen molar-refractivity contribution in [2.75, 3.05) is 5.73 Å². The highest BCUT2D eigenvalue weighted by Gasteiger charge is 2.10. The van der Waals surface area contributed by atoms with E-state index < -0.39 is 5.97 Å². The number of hydrogen-bond donors (Lipinski definition) is 2.